The fourth-order valence-electron chi connectivity index (χ4n) is 2.99. The van der Waals surface area contributed by atoms with E-state index >= 15 is 0 Å². The Bertz CT molecular complexity index is 1000. The number of amides is 1. The summed E-state index contributed by atoms with van der Waals surface area (Å²) in [5.41, 5.74) is 2.72. The number of ether oxygens (including phenoxy) is 1. The van der Waals surface area contributed by atoms with E-state index in [0.29, 0.717) is 11.7 Å². The third-order valence-corrected chi connectivity index (χ3v) is 5.76. The van der Waals surface area contributed by atoms with Gasteiger partial charge in [-0.1, -0.05) is 23.9 Å². The number of anilines is 2. The lowest BCUT2D eigenvalue weighted by atomic mass is 10.2. The number of hydrogen-bond donors (Lipinski definition) is 1. The van der Waals surface area contributed by atoms with Gasteiger partial charge in [-0.05, 0) is 50.2 Å². The lowest BCUT2D eigenvalue weighted by molar-refractivity contribution is -0.115. The molecule has 0 radical (unpaired) electrons. The van der Waals surface area contributed by atoms with Crippen molar-refractivity contribution in [1.82, 2.24) is 14.8 Å². The normalized spacial score (nSPS) is 11.8. The molecule has 1 atom stereocenters. The van der Waals surface area contributed by atoms with Gasteiger partial charge in [-0.3, -0.25) is 4.79 Å². The molecule has 1 unspecified atom stereocenters. The van der Waals surface area contributed by atoms with Crippen LogP contribution in [0.15, 0.2) is 53.7 Å². The molecule has 0 saturated carbocycles. The molecule has 7 nitrogen and oxygen atoms in total. The number of methoxy groups -OCH3 is 1. The van der Waals surface area contributed by atoms with Crippen LogP contribution in [0.25, 0.3) is 11.4 Å². The van der Waals surface area contributed by atoms with Gasteiger partial charge in [0, 0.05) is 32.0 Å². The molecule has 158 valence electrons. The Kier molecular flexibility index (Phi) is 6.99. The van der Waals surface area contributed by atoms with Crippen molar-refractivity contribution in [3.05, 3.63) is 48.5 Å². The molecular formula is C22H27N5O2S. The van der Waals surface area contributed by atoms with Crippen LogP contribution in [0.2, 0.25) is 0 Å². The van der Waals surface area contributed by atoms with Crippen molar-refractivity contribution in [3.63, 3.8) is 0 Å². The maximum Gasteiger partial charge on any atom is 0.237 e. The molecule has 3 rings (SSSR count). The highest BCUT2D eigenvalue weighted by Gasteiger charge is 2.21. The molecule has 0 bridgehead atoms. The summed E-state index contributed by atoms with van der Waals surface area (Å²) in [4.78, 5) is 14.7. The highest BCUT2D eigenvalue weighted by molar-refractivity contribution is 8.00. The Labute approximate surface area is 181 Å². The summed E-state index contributed by atoms with van der Waals surface area (Å²) < 4.78 is 7.46. The number of carbonyl (C=O) groups excluding carboxylic acids is 1. The summed E-state index contributed by atoms with van der Waals surface area (Å²) in [5.74, 6) is 1.38. The smallest absolute Gasteiger partial charge is 0.237 e. The molecule has 1 amide bonds. The van der Waals surface area contributed by atoms with Crippen LogP contribution in [0.5, 0.6) is 5.75 Å². The van der Waals surface area contributed by atoms with Crippen molar-refractivity contribution in [2.75, 3.05) is 31.4 Å². The molecule has 2 aromatic carbocycles. The second kappa shape index (κ2) is 9.67. The zero-order valence-electron chi connectivity index (χ0n) is 17.9. The minimum absolute atomic E-state index is 0.0814. The van der Waals surface area contributed by atoms with Gasteiger partial charge in [-0.15, -0.1) is 10.2 Å². The maximum absolute atomic E-state index is 12.7. The predicted octanol–water partition coefficient (Wildman–Crippen LogP) is 4.16. The Morgan fingerprint density at radius 1 is 1.17 bits per heavy atom. The number of aromatic nitrogens is 3. The van der Waals surface area contributed by atoms with E-state index in [4.69, 9.17) is 4.74 Å². The number of nitrogens with one attached hydrogen (secondary N) is 1. The van der Waals surface area contributed by atoms with E-state index in [-0.39, 0.29) is 11.2 Å². The van der Waals surface area contributed by atoms with Crippen LogP contribution in [0.1, 0.15) is 13.8 Å². The van der Waals surface area contributed by atoms with Crippen molar-refractivity contribution in [1.29, 1.82) is 0 Å². The van der Waals surface area contributed by atoms with E-state index in [2.05, 4.69) is 15.5 Å². The third kappa shape index (κ3) is 4.76. The van der Waals surface area contributed by atoms with Crippen molar-refractivity contribution in [2.45, 2.75) is 30.8 Å². The SMILES string of the molecule is CCn1c(SC(C)C(=O)Nc2ccc(N(C)C)cc2)nnc1-c1ccccc1OC. The molecular weight excluding hydrogens is 398 g/mol. The van der Waals surface area contributed by atoms with Gasteiger partial charge in [0.1, 0.15) is 5.75 Å². The molecule has 1 aromatic heterocycles. The summed E-state index contributed by atoms with van der Waals surface area (Å²) in [5, 5.41) is 12.0. The minimum atomic E-state index is -0.335. The number of rotatable bonds is 8. The van der Waals surface area contributed by atoms with Crippen LogP contribution >= 0.6 is 11.8 Å². The van der Waals surface area contributed by atoms with Crippen molar-refractivity contribution < 1.29 is 9.53 Å². The number of para-hydroxylation sites is 1. The van der Waals surface area contributed by atoms with E-state index in [1.807, 2.05) is 85.9 Å². The van der Waals surface area contributed by atoms with E-state index in [1.165, 1.54) is 11.8 Å². The summed E-state index contributed by atoms with van der Waals surface area (Å²) in [7, 11) is 5.60. The monoisotopic (exact) mass is 425 g/mol. The summed E-state index contributed by atoms with van der Waals surface area (Å²) in [6.45, 7) is 4.58. The second-order valence-corrected chi connectivity index (χ2v) is 8.25. The highest BCUT2D eigenvalue weighted by Crippen LogP contribution is 2.32. The van der Waals surface area contributed by atoms with Gasteiger partial charge in [0.15, 0.2) is 11.0 Å². The van der Waals surface area contributed by atoms with E-state index in [0.717, 1.165) is 28.5 Å². The molecule has 0 saturated heterocycles. The summed E-state index contributed by atoms with van der Waals surface area (Å²) in [6.07, 6.45) is 0. The fraction of sp³-hybridized carbons (Fsp3) is 0.318. The van der Waals surface area contributed by atoms with Crippen LogP contribution in [0, 0.1) is 0 Å². The van der Waals surface area contributed by atoms with Crippen LogP contribution in [0.3, 0.4) is 0 Å². The fourth-order valence-corrected chi connectivity index (χ4v) is 3.90. The Morgan fingerprint density at radius 3 is 2.50 bits per heavy atom. The van der Waals surface area contributed by atoms with E-state index in [9.17, 15) is 4.79 Å². The zero-order chi connectivity index (χ0) is 21.7. The highest BCUT2D eigenvalue weighted by atomic mass is 32.2. The topological polar surface area (TPSA) is 72.3 Å². The van der Waals surface area contributed by atoms with Crippen molar-refractivity contribution >= 4 is 29.0 Å². The molecule has 30 heavy (non-hydrogen) atoms. The first-order valence-electron chi connectivity index (χ1n) is 9.76. The number of nitrogens with zero attached hydrogens (tertiary/aromatic N) is 4. The number of carbonyl (C=O) groups is 1. The molecule has 1 N–H and O–H groups in total. The minimum Gasteiger partial charge on any atom is -0.496 e. The van der Waals surface area contributed by atoms with Gasteiger partial charge in [-0.25, -0.2) is 0 Å². The van der Waals surface area contributed by atoms with Crippen LogP contribution in [-0.2, 0) is 11.3 Å². The van der Waals surface area contributed by atoms with Crippen molar-refractivity contribution in [2.24, 2.45) is 0 Å². The van der Waals surface area contributed by atoms with Crippen LogP contribution < -0.4 is 15.0 Å². The molecule has 0 aliphatic carbocycles. The van der Waals surface area contributed by atoms with Gasteiger partial charge in [0.05, 0.1) is 17.9 Å². The molecule has 0 aliphatic heterocycles. The standard InChI is InChI=1S/C22H27N5O2S/c1-6-27-20(18-9-7-8-10-19(18)29-5)24-25-22(27)30-15(2)21(28)23-16-11-13-17(14-12-16)26(3)4/h7-15H,6H2,1-5H3,(H,23,28). The largest absolute Gasteiger partial charge is 0.496 e. The second-order valence-electron chi connectivity index (χ2n) is 6.94. The summed E-state index contributed by atoms with van der Waals surface area (Å²) in [6, 6.07) is 15.5. The Morgan fingerprint density at radius 2 is 1.87 bits per heavy atom. The first-order chi connectivity index (χ1) is 14.4. The summed E-state index contributed by atoms with van der Waals surface area (Å²) >= 11 is 1.39. The molecule has 1 heterocycles. The zero-order valence-corrected chi connectivity index (χ0v) is 18.7. The van der Waals surface area contributed by atoms with Crippen molar-refractivity contribution in [3.8, 4) is 17.1 Å². The van der Waals surface area contributed by atoms with Gasteiger partial charge in [0.2, 0.25) is 5.91 Å². The van der Waals surface area contributed by atoms with E-state index < -0.39 is 0 Å². The predicted molar refractivity (Wildman–Crippen MR) is 122 cm³/mol. The first kappa shape index (κ1) is 21.7. The number of benzene rings is 2. The molecule has 0 spiro atoms. The van der Waals surface area contributed by atoms with Gasteiger partial charge >= 0.3 is 0 Å². The molecule has 3 aromatic rings. The Balaban J connectivity index is 1.74. The first-order valence-corrected chi connectivity index (χ1v) is 10.6. The average molecular weight is 426 g/mol. The molecule has 8 heteroatoms. The average Bonchev–Trinajstić information content (AvgIpc) is 3.16. The lowest BCUT2D eigenvalue weighted by Gasteiger charge is -2.15. The van der Waals surface area contributed by atoms with Gasteiger partial charge < -0.3 is 19.5 Å². The number of thioether (sulfide) groups is 1. The van der Waals surface area contributed by atoms with Crippen LogP contribution in [0.4, 0.5) is 11.4 Å². The molecule has 0 aliphatic rings. The van der Waals surface area contributed by atoms with Crippen LogP contribution in [-0.4, -0.2) is 47.1 Å². The lowest BCUT2D eigenvalue weighted by Crippen LogP contribution is -2.23. The molecule has 0 fully saturated rings. The third-order valence-electron chi connectivity index (χ3n) is 4.68. The Hall–Kier alpha value is -3.00. The van der Waals surface area contributed by atoms with Gasteiger partial charge in [-0.2, -0.15) is 0 Å². The quantitative estimate of drug-likeness (QED) is 0.547. The van der Waals surface area contributed by atoms with E-state index in [1.54, 1.807) is 7.11 Å². The maximum atomic E-state index is 12.7. The number of hydrogen-bond acceptors (Lipinski definition) is 6. The van der Waals surface area contributed by atoms with Gasteiger partial charge in [0.25, 0.3) is 0 Å².